The van der Waals surface area contributed by atoms with Gasteiger partial charge in [-0.05, 0) is 36.4 Å². The van der Waals surface area contributed by atoms with Crippen molar-refractivity contribution in [3.63, 3.8) is 0 Å². The van der Waals surface area contributed by atoms with E-state index in [1.54, 1.807) is 21.6 Å². The fraction of sp³-hybridized carbons (Fsp3) is 0.190. The first-order valence-electron chi connectivity index (χ1n) is 9.46. The van der Waals surface area contributed by atoms with Gasteiger partial charge in [0.1, 0.15) is 29.3 Å². The Morgan fingerprint density at radius 1 is 1.07 bits per heavy atom. The van der Waals surface area contributed by atoms with Gasteiger partial charge in [-0.1, -0.05) is 39.8 Å². The molecule has 1 aliphatic heterocycles. The Balaban J connectivity index is 1.49. The van der Waals surface area contributed by atoms with Crippen LogP contribution < -0.4 is 10.5 Å². The summed E-state index contributed by atoms with van der Waals surface area (Å²) in [6.07, 6.45) is 1.08. The number of aliphatic hydroxyl groups is 1. The number of nitrogens with zero attached hydrogens (tertiary/aromatic N) is 4. The maximum atomic E-state index is 10.2. The lowest BCUT2D eigenvalue weighted by Gasteiger charge is -2.12. The second-order valence-electron chi connectivity index (χ2n) is 6.91. The van der Waals surface area contributed by atoms with E-state index in [0.717, 1.165) is 33.9 Å². The van der Waals surface area contributed by atoms with Crippen molar-refractivity contribution in [3.05, 3.63) is 60.9 Å². The molecule has 0 unspecified atom stereocenters. The first-order chi connectivity index (χ1) is 14.7. The first-order valence-corrected chi connectivity index (χ1v) is 11.8. The van der Waals surface area contributed by atoms with Gasteiger partial charge in [0.05, 0.1) is 23.3 Å². The Hall–Kier alpha value is -2.75. The Morgan fingerprint density at radius 3 is 2.57 bits per heavy atom. The maximum absolute atomic E-state index is 10.2. The topological polar surface area (TPSA) is 99.1 Å². The minimum atomic E-state index is -0.365. The summed E-state index contributed by atoms with van der Waals surface area (Å²) in [5.41, 5.74) is 8.48. The lowest BCUT2D eigenvalue weighted by Crippen LogP contribution is -2.25. The van der Waals surface area contributed by atoms with Crippen LogP contribution in [0.5, 0.6) is 11.5 Å². The van der Waals surface area contributed by atoms with E-state index in [4.69, 9.17) is 15.6 Å². The van der Waals surface area contributed by atoms with E-state index < -0.39 is 0 Å². The van der Waals surface area contributed by atoms with Crippen molar-refractivity contribution in [3.8, 4) is 22.8 Å². The quantitative estimate of drug-likeness (QED) is 0.452. The van der Waals surface area contributed by atoms with Crippen LogP contribution in [0, 0.1) is 0 Å². The molecule has 2 atom stereocenters. The molecule has 3 heterocycles. The number of anilines is 1. The van der Waals surface area contributed by atoms with E-state index >= 15 is 0 Å². The lowest BCUT2D eigenvalue weighted by atomic mass is 10.1. The number of fused-ring (bicyclic) bond motifs is 1. The summed E-state index contributed by atoms with van der Waals surface area (Å²) in [4.78, 5) is 8.57. The Morgan fingerprint density at radius 2 is 1.83 bits per heavy atom. The molecular formula is C21H19N5O2S2. The molecule has 0 saturated carbocycles. The van der Waals surface area contributed by atoms with Crippen molar-refractivity contribution >= 4 is 38.4 Å². The number of aromatic nitrogens is 4. The third-order valence-corrected chi connectivity index (χ3v) is 7.76. The van der Waals surface area contributed by atoms with Crippen molar-refractivity contribution < 1.29 is 9.84 Å². The summed E-state index contributed by atoms with van der Waals surface area (Å²) in [5.74, 6) is 2.63. The van der Waals surface area contributed by atoms with Crippen LogP contribution in [0.1, 0.15) is 0 Å². The largest absolute Gasteiger partial charge is 0.457 e. The van der Waals surface area contributed by atoms with Gasteiger partial charge in [-0.2, -0.15) is 5.10 Å². The predicted molar refractivity (Wildman–Crippen MR) is 122 cm³/mol. The van der Waals surface area contributed by atoms with Crippen LogP contribution in [0.25, 0.3) is 22.3 Å². The van der Waals surface area contributed by atoms with E-state index in [9.17, 15) is 5.11 Å². The smallest absolute Gasteiger partial charge is 0.164 e. The number of nitrogen functional groups attached to an aromatic ring is 1. The Labute approximate surface area is 181 Å². The molecule has 0 aliphatic carbocycles. The summed E-state index contributed by atoms with van der Waals surface area (Å²) >= 11 is 0. The molecule has 2 aromatic heterocycles. The molecule has 7 nitrogen and oxygen atoms in total. The van der Waals surface area contributed by atoms with Gasteiger partial charge in [0.2, 0.25) is 0 Å². The van der Waals surface area contributed by atoms with Crippen LogP contribution in [0.15, 0.2) is 60.9 Å². The van der Waals surface area contributed by atoms with Crippen molar-refractivity contribution in [2.45, 2.75) is 17.9 Å². The number of aliphatic hydroxyl groups excluding tert-OH is 1. The van der Waals surface area contributed by atoms with Gasteiger partial charge < -0.3 is 15.6 Å². The zero-order valence-electron chi connectivity index (χ0n) is 15.9. The van der Waals surface area contributed by atoms with E-state index in [1.165, 1.54) is 6.33 Å². The highest BCUT2D eigenvalue weighted by Gasteiger charge is 2.29. The van der Waals surface area contributed by atoms with Crippen LogP contribution >= 0.6 is 21.6 Å². The normalized spacial score (nSPS) is 18.7. The fourth-order valence-corrected chi connectivity index (χ4v) is 6.27. The average Bonchev–Trinajstić information content (AvgIpc) is 3.34. The highest BCUT2D eigenvalue weighted by molar-refractivity contribution is 8.77. The van der Waals surface area contributed by atoms with Gasteiger partial charge in [0.25, 0.3) is 0 Å². The van der Waals surface area contributed by atoms with E-state index in [-0.39, 0.29) is 11.4 Å². The van der Waals surface area contributed by atoms with Gasteiger partial charge >= 0.3 is 0 Å². The summed E-state index contributed by atoms with van der Waals surface area (Å²) in [6.45, 7) is 0.557. The second-order valence-corrected chi connectivity index (χ2v) is 9.57. The number of hydrogen-bond acceptors (Lipinski definition) is 8. The van der Waals surface area contributed by atoms with E-state index in [1.807, 2.05) is 59.3 Å². The number of benzene rings is 2. The molecule has 3 N–H and O–H groups in total. The number of nitrogens with two attached hydrogens (primary N) is 1. The maximum Gasteiger partial charge on any atom is 0.164 e. The molecule has 0 amide bonds. The van der Waals surface area contributed by atoms with Crippen LogP contribution in [0.4, 0.5) is 5.82 Å². The zero-order valence-corrected chi connectivity index (χ0v) is 17.5. The highest BCUT2D eigenvalue weighted by Crippen LogP contribution is 2.39. The number of para-hydroxylation sites is 1. The van der Waals surface area contributed by atoms with Gasteiger partial charge in [-0.15, -0.1) is 0 Å². The summed E-state index contributed by atoms with van der Waals surface area (Å²) in [5, 5.41) is 15.8. The zero-order chi connectivity index (χ0) is 20.5. The average molecular weight is 438 g/mol. The lowest BCUT2D eigenvalue weighted by molar-refractivity contribution is 0.191. The molecule has 5 rings (SSSR count). The molecule has 30 heavy (non-hydrogen) atoms. The molecule has 0 radical (unpaired) electrons. The SMILES string of the molecule is Nc1ncnc2c1c(-c1ccc(Oc3ccccc3)cc1)nn2C[C@H]1SSC[C@H]1O. The van der Waals surface area contributed by atoms with Crippen molar-refractivity contribution in [2.75, 3.05) is 11.5 Å². The highest BCUT2D eigenvalue weighted by atomic mass is 33.1. The molecule has 4 aromatic rings. The van der Waals surface area contributed by atoms with Crippen LogP contribution in [-0.2, 0) is 6.54 Å². The first kappa shape index (κ1) is 19.2. The summed E-state index contributed by atoms with van der Waals surface area (Å²) < 4.78 is 7.70. The Bertz CT molecular complexity index is 1170. The molecular weight excluding hydrogens is 418 g/mol. The number of rotatable bonds is 5. The summed E-state index contributed by atoms with van der Waals surface area (Å²) in [7, 11) is 3.36. The molecule has 9 heteroatoms. The third-order valence-electron chi connectivity index (χ3n) is 4.88. The van der Waals surface area contributed by atoms with E-state index in [0.29, 0.717) is 18.0 Å². The second kappa shape index (κ2) is 8.17. The van der Waals surface area contributed by atoms with Gasteiger partial charge in [0.15, 0.2) is 5.65 Å². The molecule has 1 aliphatic rings. The standard InChI is InChI=1S/C21H19N5O2S2/c22-20-18-19(13-6-8-15(9-7-13)28-14-4-2-1-3-5-14)25-26(21(18)24-12-23-20)10-17-16(27)11-29-30-17/h1-9,12,16-17,27H,10-11H2,(H2,22,23,24)/t16-,17-/m1/s1. The number of hydrogen-bond donors (Lipinski definition) is 2. The minimum absolute atomic E-state index is 0.0591. The van der Waals surface area contributed by atoms with Gasteiger partial charge in [-0.3, -0.25) is 0 Å². The van der Waals surface area contributed by atoms with Crippen LogP contribution in [-0.4, -0.2) is 42.0 Å². The van der Waals surface area contributed by atoms with Gasteiger partial charge in [-0.25, -0.2) is 14.6 Å². The van der Waals surface area contributed by atoms with Crippen molar-refractivity contribution in [1.29, 1.82) is 0 Å². The fourth-order valence-electron chi connectivity index (χ4n) is 3.36. The number of ether oxygens (including phenoxy) is 1. The van der Waals surface area contributed by atoms with Crippen LogP contribution in [0.3, 0.4) is 0 Å². The van der Waals surface area contributed by atoms with Gasteiger partial charge in [0, 0.05) is 11.3 Å². The molecule has 152 valence electrons. The molecule has 0 spiro atoms. The van der Waals surface area contributed by atoms with Crippen LogP contribution in [0.2, 0.25) is 0 Å². The van der Waals surface area contributed by atoms with Crippen molar-refractivity contribution in [1.82, 2.24) is 19.7 Å². The van der Waals surface area contributed by atoms with Crippen molar-refractivity contribution in [2.24, 2.45) is 0 Å². The molecule has 1 fully saturated rings. The minimum Gasteiger partial charge on any atom is -0.457 e. The molecule has 2 aromatic carbocycles. The predicted octanol–water partition coefficient (Wildman–Crippen LogP) is 3.99. The molecule has 0 bridgehead atoms. The summed E-state index contributed by atoms with van der Waals surface area (Å²) in [6, 6.07) is 17.3. The third kappa shape index (κ3) is 3.71. The monoisotopic (exact) mass is 437 g/mol. The van der Waals surface area contributed by atoms with E-state index in [2.05, 4.69) is 9.97 Å². The Kier molecular flexibility index (Phi) is 5.24. The molecule has 1 saturated heterocycles.